The van der Waals surface area contributed by atoms with Crippen molar-refractivity contribution in [2.24, 2.45) is 0 Å². The van der Waals surface area contributed by atoms with Crippen LogP contribution in [0.5, 0.6) is 11.5 Å². The number of aromatic nitrogens is 1. The molecule has 1 aromatic heterocycles. The number of rotatable bonds is 7. The van der Waals surface area contributed by atoms with Gasteiger partial charge in [0, 0.05) is 42.8 Å². The molecule has 0 saturated heterocycles. The standard InChI is InChI=1S/C22H24N2O4/c1-26-13-20(14-3-6-19-15(9-14)7-8-23-19)24-22(25)10-16-12-28-21-11-17(27-2)4-5-18(16)21/h3-9,11,16,20,23H,10,12-13H2,1-2H3,(H,24,25). The molecule has 0 spiro atoms. The summed E-state index contributed by atoms with van der Waals surface area (Å²) in [6.45, 7) is 0.913. The number of hydrogen-bond acceptors (Lipinski definition) is 4. The number of aromatic amines is 1. The number of carbonyl (C=O) groups is 1. The normalized spacial score (nSPS) is 16.4. The third kappa shape index (κ3) is 3.68. The van der Waals surface area contributed by atoms with E-state index in [1.165, 1.54) is 0 Å². The first-order chi connectivity index (χ1) is 13.7. The number of carbonyl (C=O) groups excluding carboxylic acids is 1. The zero-order chi connectivity index (χ0) is 19.5. The van der Waals surface area contributed by atoms with Gasteiger partial charge in [0.25, 0.3) is 0 Å². The highest BCUT2D eigenvalue weighted by Gasteiger charge is 2.27. The lowest BCUT2D eigenvalue weighted by Gasteiger charge is -2.20. The molecule has 146 valence electrons. The third-order valence-corrected chi connectivity index (χ3v) is 5.18. The summed E-state index contributed by atoms with van der Waals surface area (Å²) in [5, 5.41) is 4.23. The molecule has 6 nitrogen and oxygen atoms in total. The Bertz CT molecular complexity index is 982. The highest BCUT2D eigenvalue weighted by Crippen LogP contribution is 2.38. The second-order valence-corrected chi connectivity index (χ2v) is 7.02. The number of methoxy groups -OCH3 is 2. The predicted molar refractivity (Wildman–Crippen MR) is 107 cm³/mol. The first-order valence-electron chi connectivity index (χ1n) is 9.34. The smallest absolute Gasteiger partial charge is 0.221 e. The quantitative estimate of drug-likeness (QED) is 0.658. The summed E-state index contributed by atoms with van der Waals surface area (Å²) in [5.41, 5.74) is 3.14. The summed E-state index contributed by atoms with van der Waals surface area (Å²) in [6.07, 6.45) is 2.27. The molecule has 1 aliphatic rings. The van der Waals surface area contributed by atoms with E-state index < -0.39 is 0 Å². The first-order valence-corrected chi connectivity index (χ1v) is 9.34. The van der Waals surface area contributed by atoms with Gasteiger partial charge in [0.1, 0.15) is 11.5 Å². The van der Waals surface area contributed by atoms with Gasteiger partial charge >= 0.3 is 0 Å². The van der Waals surface area contributed by atoms with E-state index in [1.54, 1.807) is 14.2 Å². The molecule has 0 aliphatic carbocycles. The zero-order valence-electron chi connectivity index (χ0n) is 16.0. The molecule has 2 unspecified atom stereocenters. The van der Waals surface area contributed by atoms with Crippen LogP contribution in [-0.2, 0) is 9.53 Å². The van der Waals surface area contributed by atoms with E-state index in [2.05, 4.69) is 16.4 Å². The predicted octanol–water partition coefficient (Wildman–Crippen LogP) is 3.55. The molecular weight excluding hydrogens is 356 g/mol. The fraction of sp³-hybridized carbons (Fsp3) is 0.318. The molecule has 0 bridgehead atoms. The summed E-state index contributed by atoms with van der Waals surface area (Å²) in [7, 11) is 3.27. The highest BCUT2D eigenvalue weighted by molar-refractivity contribution is 5.81. The molecule has 1 aliphatic heterocycles. The Kier molecular flexibility index (Phi) is 5.21. The molecular formula is C22H24N2O4. The van der Waals surface area contributed by atoms with E-state index >= 15 is 0 Å². The topological polar surface area (TPSA) is 72.6 Å². The van der Waals surface area contributed by atoms with Crippen molar-refractivity contribution < 1.29 is 19.0 Å². The van der Waals surface area contributed by atoms with Gasteiger partial charge in [-0.3, -0.25) is 4.79 Å². The number of benzene rings is 2. The van der Waals surface area contributed by atoms with Crippen LogP contribution in [0.25, 0.3) is 10.9 Å². The molecule has 2 heterocycles. The largest absolute Gasteiger partial charge is 0.497 e. The van der Waals surface area contributed by atoms with Gasteiger partial charge in [0.15, 0.2) is 0 Å². The van der Waals surface area contributed by atoms with Crippen molar-refractivity contribution >= 4 is 16.8 Å². The van der Waals surface area contributed by atoms with Crippen LogP contribution in [0, 0.1) is 0 Å². The lowest BCUT2D eigenvalue weighted by Crippen LogP contribution is -2.32. The van der Waals surface area contributed by atoms with Crippen molar-refractivity contribution in [1.82, 2.24) is 10.3 Å². The van der Waals surface area contributed by atoms with Crippen LogP contribution >= 0.6 is 0 Å². The van der Waals surface area contributed by atoms with Crippen molar-refractivity contribution in [3.8, 4) is 11.5 Å². The van der Waals surface area contributed by atoms with Gasteiger partial charge in [-0.05, 0) is 35.2 Å². The maximum atomic E-state index is 12.8. The van der Waals surface area contributed by atoms with Crippen molar-refractivity contribution in [2.45, 2.75) is 18.4 Å². The van der Waals surface area contributed by atoms with Gasteiger partial charge in [0.2, 0.25) is 5.91 Å². The van der Waals surface area contributed by atoms with Crippen LogP contribution in [0.2, 0.25) is 0 Å². The molecule has 1 amide bonds. The lowest BCUT2D eigenvalue weighted by atomic mass is 9.97. The van der Waals surface area contributed by atoms with Crippen LogP contribution in [0.3, 0.4) is 0 Å². The second-order valence-electron chi connectivity index (χ2n) is 7.02. The maximum Gasteiger partial charge on any atom is 0.221 e. The van der Waals surface area contributed by atoms with Gasteiger partial charge in [0.05, 0.1) is 26.4 Å². The molecule has 2 N–H and O–H groups in total. The monoisotopic (exact) mass is 380 g/mol. The average molecular weight is 380 g/mol. The summed E-state index contributed by atoms with van der Waals surface area (Å²) in [4.78, 5) is 15.9. The minimum absolute atomic E-state index is 0.0199. The Balaban J connectivity index is 1.46. The summed E-state index contributed by atoms with van der Waals surface area (Å²) in [6, 6.07) is 13.7. The van der Waals surface area contributed by atoms with Crippen molar-refractivity contribution in [2.75, 3.05) is 27.4 Å². The number of hydrogen-bond donors (Lipinski definition) is 2. The fourth-order valence-electron chi connectivity index (χ4n) is 3.71. The minimum atomic E-state index is -0.200. The molecule has 0 radical (unpaired) electrons. The molecule has 3 aromatic rings. The average Bonchev–Trinajstić information content (AvgIpc) is 3.33. The van der Waals surface area contributed by atoms with Gasteiger partial charge < -0.3 is 24.5 Å². The van der Waals surface area contributed by atoms with Crippen LogP contribution in [0.15, 0.2) is 48.7 Å². The Morgan fingerprint density at radius 2 is 2.14 bits per heavy atom. The third-order valence-electron chi connectivity index (χ3n) is 5.18. The van der Waals surface area contributed by atoms with Crippen LogP contribution in [0.4, 0.5) is 0 Å². The highest BCUT2D eigenvalue weighted by atomic mass is 16.5. The number of amides is 1. The lowest BCUT2D eigenvalue weighted by molar-refractivity contribution is -0.122. The van der Waals surface area contributed by atoms with Gasteiger partial charge in [-0.1, -0.05) is 12.1 Å². The number of ether oxygens (including phenoxy) is 3. The molecule has 2 aromatic carbocycles. The molecule has 2 atom stereocenters. The van der Waals surface area contributed by atoms with Gasteiger partial charge in [-0.2, -0.15) is 0 Å². The first kappa shape index (κ1) is 18.4. The van der Waals surface area contributed by atoms with Crippen molar-refractivity contribution in [3.63, 3.8) is 0 Å². The molecule has 0 saturated carbocycles. The van der Waals surface area contributed by atoms with Crippen LogP contribution in [0.1, 0.15) is 29.5 Å². The summed E-state index contributed by atoms with van der Waals surface area (Å²) in [5.74, 6) is 1.57. The van der Waals surface area contributed by atoms with E-state index in [-0.39, 0.29) is 17.9 Å². The van der Waals surface area contributed by atoms with E-state index in [0.717, 1.165) is 33.5 Å². The van der Waals surface area contributed by atoms with Gasteiger partial charge in [-0.25, -0.2) is 0 Å². The fourth-order valence-corrected chi connectivity index (χ4v) is 3.71. The van der Waals surface area contributed by atoms with E-state index in [9.17, 15) is 4.79 Å². The van der Waals surface area contributed by atoms with E-state index in [0.29, 0.717) is 19.6 Å². The Morgan fingerprint density at radius 1 is 1.25 bits per heavy atom. The maximum absolute atomic E-state index is 12.8. The molecule has 4 rings (SSSR count). The Labute approximate surface area is 163 Å². The Morgan fingerprint density at radius 3 is 2.96 bits per heavy atom. The van der Waals surface area contributed by atoms with Crippen molar-refractivity contribution in [1.29, 1.82) is 0 Å². The molecule has 0 fully saturated rings. The van der Waals surface area contributed by atoms with Gasteiger partial charge in [-0.15, -0.1) is 0 Å². The SMILES string of the molecule is COCC(NC(=O)CC1COc2cc(OC)ccc21)c1ccc2[nH]ccc2c1. The van der Waals surface area contributed by atoms with E-state index in [1.807, 2.05) is 42.6 Å². The number of fused-ring (bicyclic) bond motifs is 2. The summed E-state index contributed by atoms with van der Waals surface area (Å²) >= 11 is 0. The van der Waals surface area contributed by atoms with Crippen LogP contribution in [-0.4, -0.2) is 38.3 Å². The second kappa shape index (κ2) is 7.94. The number of nitrogens with one attached hydrogen (secondary N) is 2. The molecule has 6 heteroatoms. The van der Waals surface area contributed by atoms with Crippen molar-refractivity contribution in [3.05, 3.63) is 59.8 Å². The summed E-state index contributed by atoms with van der Waals surface area (Å²) < 4.78 is 16.3. The van der Waals surface area contributed by atoms with Crippen LogP contribution < -0.4 is 14.8 Å². The zero-order valence-corrected chi connectivity index (χ0v) is 16.0. The van der Waals surface area contributed by atoms with E-state index in [4.69, 9.17) is 14.2 Å². The minimum Gasteiger partial charge on any atom is -0.497 e. The molecule has 28 heavy (non-hydrogen) atoms. The Hall–Kier alpha value is -2.99. The number of H-pyrrole nitrogens is 1.